The molecule has 9 heteroatoms. The molecule has 2 aromatic heterocycles. The van der Waals surface area contributed by atoms with E-state index in [1.165, 1.54) is 28.8 Å². The van der Waals surface area contributed by atoms with Crippen LogP contribution < -0.4 is 14.5 Å². The fourth-order valence-corrected chi connectivity index (χ4v) is 12.5. The molecule has 0 N–H and O–H groups in total. The highest BCUT2D eigenvalue weighted by molar-refractivity contribution is 6.83. The molecule has 7 heterocycles. The van der Waals surface area contributed by atoms with Gasteiger partial charge in [0.25, 0.3) is 0 Å². The molecule has 5 aliphatic rings. The van der Waals surface area contributed by atoms with Crippen molar-refractivity contribution in [3.8, 4) is 28.4 Å². The Morgan fingerprint density at radius 2 is 1.22 bits per heavy atom. The third-order valence-corrected chi connectivity index (χ3v) is 17.0. The van der Waals surface area contributed by atoms with E-state index in [0.717, 1.165) is 49.9 Å². The molecule has 0 radical (unpaired) electrons. The van der Waals surface area contributed by atoms with Crippen LogP contribution in [0.2, 0.25) is 0 Å². The summed E-state index contributed by atoms with van der Waals surface area (Å²) in [7, 11) is 0. The molecule has 0 aliphatic carbocycles. The first kappa shape index (κ1) is 42.4. The normalized spacial score (nSPS) is 17.6. The van der Waals surface area contributed by atoms with Crippen LogP contribution >= 0.6 is 0 Å². The van der Waals surface area contributed by atoms with Crippen molar-refractivity contribution < 1.29 is 19.8 Å². The van der Waals surface area contributed by atoms with Crippen LogP contribution in [0, 0.1) is 0 Å². The number of fused-ring (bicyclic) bond motifs is 6. The molecule has 7 aromatic carbocycles. The van der Waals surface area contributed by atoms with Gasteiger partial charge in [0, 0.05) is 55.0 Å². The van der Waals surface area contributed by atoms with Crippen molar-refractivity contribution in [3.05, 3.63) is 294 Å². The monoisotopic (exact) mass is 1120 g/mol. The molecule has 14 rings (SSSR count). The number of para-hydroxylation sites is 2. The van der Waals surface area contributed by atoms with Gasteiger partial charge in [-0.05, 0) is 182 Å². The van der Waals surface area contributed by atoms with E-state index in [4.69, 9.17) is 22.1 Å². The lowest BCUT2D eigenvalue weighted by molar-refractivity contribution is 0.483. The third-order valence-electron chi connectivity index (χ3n) is 17.0. The second-order valence-electron chi connectivity index (χ2n) is 24.6. The smallest absolute Gasteiger partial charge is 0.320 e. The molecular formula is C76H70B2N6O. The molecule has 85 heavy (non-hydrogen) atoms. The largest absolute Gasteiger partial charge is 0.457 e. The van der Waals surface area contributed by atoms with E-state index < -0.39 is 37.2 Å². The number of hydrogen-bond acceptors (Lipinski definition) is 6. The van der Waals surface area contributed by atoms with Crippen molar-refractivity contribution in [2.24, 2.45) is 0 Å². The summed E-state index contributed by atoms with van der Waals surface area (Å²) in [6.45, 7) is 7.86. The van der Waals surface area contributed by atoms with Gasteiger partial charge in [0.05, 0.1) is 35.9 Å². The predicted octanol–water partition coefficient (Wildman–Crippen LogP) is 18.4. The Bertz CT molecular complexity index is 4810. The average Bonchev–Trinajstić information content (AvgIpc) is 0.930. The number of aromatic nitrogens is 2. The van der Waals surface area contributed by atoms with Crippen LogP contribution in [0.3, 0.4) is 0 Å². The molecule has 7 nitrogen and oxygen atoms in total. The lowest BCUT2D eigenvalue weighted by atomic mass is 9.48. The van der Waals surface area contributed by atoms with Gasteiger partial charge >= 0.3 is 13.7 Å². The van der Waals surface area contributed by atoms with E-state index in [9.17, 15) is 2.74 Å². The molecule has 0 amide bonds. The van der Waals surface area contributed by atoms with Crippen molar-refractivity contribution in [3.63, 3.8) is 0 Å². The maximum absolute atomic E-state index is 9.32. The molecule has 0 saturated carbocycles. The van der Waals surface area contributed by atoms with Gasteiger partial charge in [0.15, 0.2) is 0 Å². The van der Waals surface area contributed by atoms with Crippen molar-refractivity contribution >= 4 is 63.5 Å². The van der Waals surface area contributed by atoms with E-state index in [1.807, 2.05) is 53.1 Å². The molecule has 0 atom stereocenters. The predicted molar refractivity (Wildman–Crippen MR) is 359 cm³/mol. The van der Waals surface area contributed by atoms with Gasteiger partial charge in [0.1, 0.15) is 17.3 Å². The summed E-state index contributed by atoms with van der Waals surface area (Å²) in [6.07, 6.45) is 27.0. The number of benzene rings is 7. The Hall–Kier alpha value is -9.46. The highest BCUT2D eigenvalue weighted by Gasteiger charge is 2.36. The first-order valence-corrected chi connectivity index (χ1v) is 29.0. The summed E-state index contributed by atoms with van der Waals surface area (Å²) < 4.78 is 108. The number of pyridine rings is 1. The van der Waals surface area contributed by atoms with Crippen molar-refractivity contribution in [2.75, 3.05) is 16.5 Å². The van der Waals surface area contributed by atoms with Gasteiger partial charge in [-0.25, -0.2) is 4.98 Å². The third kappa shape index (κ3) is 9.85. The Morgan fingerprint density at radius 1 is 0.553 bits per heavy atom. The quantitative estimate of drug-likeness (QED) is 0.120. The number of ether oxygens (including phenoxy) is 1. The lowest BCUT2D eigenvalue weighted by Crippen LogP contribution is -2.37. The van der Waals surface area contributed by atoms with E-state index in [1.54, 1.807) is 42.5 Å². The number of rotatable bonds is 11. The summed E-state index contributed by atoms with van der Waals surface area (Å²) in [5.74, 6) is 5.45. The first-order valence-electron chi connectivity index (χ1n) is 34.5. The molecule has 0 spiro atoms. The van der Waals surface area contributed by atoms with Crippen LogP contribution in [0.25, 0.3) is 49.7 Å². The molecular weight excluding hydrogens is 1030 g/mol. The maximum Gasteiger partial charge on any atom is 0.320 e. The van der Waals surface area contributed by atoms with Gasteiger partial charge in [-0.1, -0.05) is 182 Å². The van der Waals surface area contributed by atoms with Gasteiger partial charge in [-0.2, -0.15) is 0 Å². The summed E-state index contributed by atoms with van der Waals surface area (Å²) in [6, 6.07) is 39.4. The van der Waals surface area contributed by atoms with Crippen molar-refractivity contribution in [2.45, 2.75) is 78.0 Å². The number of nitrogens with zero attached hydrogens (tertiary/aromatic N) is 6. The molecule has 0 bridgehead atoms. The lowest BCUT2D eigenvalue weighted by Gasteiger charge is -2.35. The SMILES string of the molecule is [2H]c1c([2H])c([2H])c(-c2cc(Oc3ccc4c5cc(C(C)(C)C)ccc5n(-c5cc(C(c6ccccc6)(C([2H])([2H])[2H])C([2H])([2H])[2H])ccn5)c4c3)cc(N3CN(Cc4c(C5=CC=CN6C=CC=CB56)cc(C(C)(C)C)cc4C4=CC=CN5C=CC=CB45)c4ccccc43)c2)c([2H])c1[2H]. The summed E-state index contributed by atoms with van der Waals surface area (Å²) >= 11 is 0. The minimum Gasteiger partial charge on any atom is -0.457 e. The second-order valence-corrected chi connectivity index (χ2v) is 24.6. The Morgan fingerprint density at radius 3 is 1.91 bits per heavy atom. The number of hydrogen-bond donors (Lipinski definition) is 0. The number of anilines is 3. The van der Waals surface area contributed by atoms with E-state index >= 15 is 0 Å². The van der Waals surface area contributed by atoms with Crippen LogP contribution in [-0.2, 0) is 22.8 Å². The van der Waals surface area contributed by atoms with Crippen LogP contribution in [0.15, 0.2) is 255 Å². The molecule has 0 fully saturated rings. The maximum atomic E-state index is 9.32. The Kier molecular flexibility index (Phi) is 10.5. The summed E-state index contributed by atoms with van der Waals surface area (Å²) in [5.41, 5.74) is 9.50. The Labute approximate surface area is 517 Å². The van der Waals surface area contributed by atoms with Crippen LogP contribution in [0.1, 0.15) is 109 Å². The molecule has 9 aromatic rings. The van der Waals surface area contributed by atoms with E-state index in [0.29, 0.717) is 41.5 Å². The zero-order valence-electron chi connectivity index (χ0n) is 59.5. The first-order chi connectivity index (χ1) is 45.7. The van der Waals surface area contributed by atoms with Crippen LogP contribution in [-0.4, -0.2) is 39.5 Å². The van der Waals surface area contributed by atoms with Gasteiger partial charge in [0.2, 0.25) is 0 Å². The molecule has 0 unspecified atom stereocenters. The van der Waals surface area contributed by atoms with Crippen LogP contribution in [0.4, 0.5) is 17.1 Å². The Balaban J connectivity index is 0.926. The topological polar surface area (TPSA) is 40.0 Å². The standard InChI is InChI=1S/C76H70B2N6O/c1-74(2,3)56-31-34-69-65(45-56)62-33-32-60(50-72(62)84(69)73-48-57(35-38-79-73)76(7,8)55-25-13-10-14-26-55)85-61-44-54(53-23-11-9-12-24-53)43-59(49-61)83-52-80(70-29-15-16-30-71(70)83)51-66-63(67-27-21-41-81-39-19-17-36-77(67)81)46-58(75(4,5)6)47-64(66)68-28-22-42-82-40-20-18-37-78(68)82/h9-50H,51-52H2,1-8H3/i7D3,8D3,9D,11D,12D,23D,24D. The zero-order valence-corrected chi connectivity index (χ0v) is 48.5. The van der Waals surface area contributed by atoms with E-state index in [2.05, 4.69) is 183 Å². The highest BCUT2D eigenvalue weighted by Crippen LogP contribution is 2.47. The van der Waals surface area contributed by atoms with Gasteiger partial charge < -0.3 is 24.2 Å². The minimum atomic E-state index is -3.04. The van der Waals surface area contributed by atoms with Gasteiger partial charge in [-0.15, -0.1) is 0 Å². The summed E-state index contributed by atoms with van der Waals surface area (Å²) in [4.78, 5) is 13.9. The van der Waals surface area contributed by atoms with Crippen LogP contribution in [0.5, 0.6) is 11.5 Å². The fourth-order valence-electron chi connectivity index (χ4n) is 12.5. The minimum absolute atomic E-state index is 0.00746. The van der Waals surface area contributed by atoms with E-state index in [-0.39, 0.29) is 59.1 Å². The average molecular weight is 1120 g/mol. The fraction of sp³-hybridized carbons (Fsp3) is 0.171. The van der Waals surface area contributed by atoms with Gasteiger partial charge in [-0.3, -0.25) is 4.57 Å². The highest BCUT2D eigenvalue weighted by atomic mass is 16.5. The molecule has 5 aliphatic heterocycles. The number of allylic oxidation sites excluding steroid dienone is 8. The molecule has 416 valence electrons. The van der Waals surface area contributed by atoms with Crippen molar-refractivity contribution in [1.29, 1.82) is 0 Å². The van der Waals surface area contributed by atoms with Crippen molar-refractivity contribution in [1.82, 2.24) is 19.2 Å². The molecule has 0 saturated heterocycles. The zero-order chi connectivity index (χ0) is 67.5. The second kappa shape index (κ2) is 21.0. The summed E-state index contributed by atoms with van der Waals surface area (Å²) in [5, 5.41) is 1.69.